The Kier molecular flexibility index (Phi) is 6.75. The molecule has 4 rings (SSSR count). The third kappa shape index (κ3) is 5.61. The van der Waals surface area contributed by atoms with Gasteiger partial charge in [0.15, 0.2) is 0 Å². The lowest BCUT2D eigenvalue weighted by molar-refractivity contribution is -0.171. The monoisotopic (exact) mass is 389 g/mol. The summed E-state index contributed by atoms with van der Waals surface area (Å²) in [6.45, 7) is 1.43. The molecular formula is C21H34F3NO2. The minimum Gasteiger partial charge on any atom is -0.465 e. The topological polar surface area (TPSA) is 38.3 Å². The third-order valence-electron chi connectivity index (χ3n) is 6.99. The Morgan fingerprint density at radius 2 is 1.67 bits per heavy atom. The second kappa shape index (κ2) is 8.71. The molecule has 0 aromatic rings. The summed E-state index contributed by atoms with van der Waals surface area (Å²) in [6, 6.07) is -0.0961. The summed E-state index contributed by atoms with van der Waals surface area (Å²) in [5.74, 6) is 2.23. The summed E-state index contributed by atoms with van der Waals surface area (Å²) in [5.41, 5.74) is -0.191. The Morgan fingerprint density at radius 3 is 2.19 bits per heavy atom. The van der Waals surface area contributed by atoms with Crippen LogP contribution in [0.2, 0.25) is 0 Å². The lowest BCUT2D eigenvalue weighted by Gasteiger charge is -2.55. The normalized spacial score (nSPS) is 33.3. The Balaban J connectivity index is 1.30. The van der Waals surface area contributed by atoms with Gasteiger partial charge in [0.1, 0.15) is 0 Å². The molecule has 0 saturated heterocycles. The average molecular weight is 390 g/mol. The zero-order valence-electron chi connectivity index (χ0n) is 16.5. The first-order valence-electron chi connectivity index (χ1n) is 10.8. The number of rotatable bonds is 10. The van der Waals surface area contributed by atoms with E-state index in [4.69, 9.17) is 4.74 Å². The van der Waals surface area contributed by atoms with Crippen LogP contribution < -0.4 is 5.32 Å². The molecule has 0 heterocycles. The molecule has 1 unspecified atom stereocenters. The molecule has 0 spiro atoms. The van der Waals surface area contributed by atoms with E-state index in [1.807, 2.05) is 6.92 Å². The maximum atomic E-state index is 12.7. The van der Waals surface area contributed by atoms with Gasteiger partial charge in [0.25, 0.3) is 0 Å². The van der Waals surface area contributed by atoms with E-state index in [0.29, 0.717) is 13.0 Å². The number of halogens is 3. The molecule has 1 N–H and O–H groups in total. The van der Waals surface area contributed by atoms with Crippen molar-refractivity contribution in [1.82, 2.24) is 5.32 Å². The Labute approximate surface area is 160 Å². The van der Waals surface area contributed by atoms with E-state index in [1.165, 1.54) is 19.3 Å². The first-order chi connectivity index (χ1) is 12.8. The molecule has 1 atom stereocenters. The SMILES string of the molecule is CCC(CCCCCOC(=O)C12CC3CC(CC(C3)C1)C2)NCC(F)(F)F. The molecule has 4 saturated carbocycles. The maximum Gasteiger partial charge on any atom is 0.401 e. The van der Waals surface area contributed by atoms with Crippen molar-refractivity contribution in [3.8, 4) is 0 Å². The molecule has 0 aromatic heterocycles. The van der Waals surface area contributed by atoms with Crippen molar-refractivity contribution in [2.24, 2.45) is 23.2 Å². The first kappa shape index (κ1) is 20.9. The Hall–Kier alpha value is -0.780. The highest BCUT2D eigenvalue weighted by atomic mass is 19.4. The van der Waals surface area contributed by atoms with Crippen LogP contribution in [0, 0.1) is 23.2 Å². The van der Waals surface area contributed by atoms with Gasteiger partial charge in [0.05, 0.1) is 18.6 Å². The smallest absolute Gasteiger partial charge is 0.401 e. The number of esters is 1. The van der Waals surface area contributed by atoms with E-state index < -0.39 is 12.7 Å². The van der Waals surface area contributed by atoms with Gasteiger partial charge < -0.3 is 10.1 Å². The standard InChI is InChI=1S/C21H34F3NO2/c1-2-18(25-14-21(22,23)24)6-4-3-5-7-27-19(26)20-11-15-8-16(12-20)10-17(9-15)13-20/h15-18,25H,2-14H2,1H3. The van der Waals surface area contributed by atoms with Crippen molar-refractivity contribution in [2.45, 2.75) is 89.8 Å². The Morgan fingerprint density at radius 1 is 1.07 bits per heavy atom. The number of unbranched alkanes of at least 4 members (excludes halogenated alkanes) is 2. The number of carbonyl (C=O) groups excluding carboxylic acids is 1. The number of hydrogen-bond acceptors (Lipinski definition) is 3. The largest absolute Gasteiger partial charge is 0.465 e. The molecule has 0 radical (unpaired) electrons. The molecule has 4 aliphatic rings. The van der Waals surface area contributed by atoms with Crippen molar-refractivity contribution >= 4 is 5.97 Å². The summed E-state index contributed by atoms with van der Waals surface area (Å²) in [5, 5.41) is 2.58. The van der Waals surface area contributed by atoms with Gasteiger partial charge in [-0.2, -0.15) is 13.2 Å². The molecule has 4 fully saturated rings. The molecular weight excluding hydrogens is 355 g/mol. The molecule has 156 valence electrons. The maximum absolute atomic E-state index is 12.7. The zero-order valence-corrected chi connectivity index (χ0v) is 16.5. The van der Waals surface area contributed by atoms with Gasteiger partial charge in [0, 0.05) is 6.04 Å². The van der Waals surface area contributed by atoms with Crippen LogP contribution in [0.15, 0.2) is 0 Å². The van der Waals surface area contributed by atoms with E-state index in [1.54, 1.807) is 0 Å². The van der Waals surface area contributed by atoms with Gasteiger partial charge in [-0.15, -0.1) is 0 Å². The van der Waals surface area contributed by atoms with Crippen LogP contribution in [0.3, 0.4) is 0 Å². The highest BCUT2D eigenvalue weighted by Crippen LogP contribution is 2.60. The van der Waals surface area contributed by atoms with E-state index in [9.17, 15) is 18.0 Å². The van der Waals surface area contributed by atoms with E-state index in [0.717, 1.165) is 62.7 Å². The lowest BCUT2D eigenvalue weighted by Crippen LogP contribution is -2.50. The molecule has 3 nitrogen and oxygen atoms in total. The van der Waals surface area contributed by atoms with Gasteiger partial charge in [-0.1, -0.05) is 19.8 Å². The van der Waals surface area contributed by atoms with Crippen LogP contribution in [-0.2, 0) is 9.53 Å². The fourth-order valence-corrected chi connectivity index (χ4v) is 6.06. The zero-order chi connectivity index (χ0) is 19.5. The number of nitrogens with one attached hydrogen (secondary N) is 1. The second-order valence-corrected chi connectivity index (χ2v) is 9.28. The van der Waals surface area contributed by atoms with Crippen LogP contribution in [0.25, 0.3) is 0 Å². The number of carbonyl (C=O) groups is 1. The van der Waals surface area contributed by atoms with Gasteiger partial charge >= 0.3 is 12.1 Å². The van der Waals surface area contributed by atoms with Crippen LogP contribution in [0.4, 0.5) is 13.2 Å². The Bertz CT molecular complexity index is 471. The van der Waals surface area contributed by atoms with Gasteiger partial charge in [0.2, 0.25) is 0 Å². The van der Waals surface area contributed by atoms with Crippen molar-refractivity contribution in [3.63, 3.8) is 0 Å². The van der Waals surface area contributed by atoms with Crippen LogP contribution in [0.5, 0.6) is 0 Å². The first-order valence-corrected chi connectivity index (χ1v) is 10.8. The van der Waals surface area contributed by atoms with Crippen molar-refractivity contribution in [2.75, 3.05) is 13.2 Å². The third-order valence-corrected chi connectivity index (χ3v) is 6.99. The van der Waals surface area contributed by atoms with Crippen molar-refractivity contribution in [3.05, 3.63) is 0 Å². The highest BCUT2D eigenvalue weighted by Gasteiger charge is 2.55. The highest BCUT2D eigenvalue weighted by molar-refractivity contribution is 5.77. The number of hydrogen-bond donors (Lipinski definition) is 1. The van der Waals surface area contributed by atoms with Crippen LogP contribution >= 0.6 is 0 Å². The molecule has 4 bridgehead atoms. The van der Waals surface area contributed by atoms with Gasteiger partial charge in [-0.25, -0.2) is 0 Å². The van der Waals surface area contributed by atoms with Gasteiger partial charge in [-0.05, 0) is 75.5 Å². The fraction of sp³-hybridized carbons (Fsp3) is 0.952. The summed E-state index contributed by atoms with van der Waals surface area (Å²) in [7, 11) is 0. The minimum absolute atomic E-state index is 0.0277. The summed E-state index contributed by atoms with van der Waals surface area (Å²) in [6.07, 6.45) is 6.84. The van der Waals surface area contributed by atoms with Crippen LogP contribution in [-0.4, -0.2) is 31.3 Å². The molecule has 0 aromatic carbocycles. The second-order valence-electron chi connectivity index (χ2n) is 9.28. The molecule has 0 amide bonds. The molecule has 4 aliphatic carbocycles. The van der Waals surface area contributed by atoms with Crippen molar-refractivity contribution < 1.29 is 22.7 Å². The van der Waals surface area contributed by atoms with E-state index >= 15 is 0 Å². The average Bonchev–Trinajstić information content (AvgIpc) is 2.58. The van der Waals surface area contributed by atoms with Crippen LogP contribution in [0.1, 0.15) is 77.6 Å². The fourth-order valence-electron chi connectivity index (χ4n) is 6.06. The summed E-state index contributed by atoms with van der Waals surface area (Å²) in [4.78, 5) is 12.7. The molecule has 6 heteroatoms. The van der Waals surface area contributed by atoms with Gasteiger partial charge in [-0.3, -0.25) is 4.79 Å². The van der Waals surface area contributed by atoms with E-state index in [2.05, 4.69) is 5.32 Å². The number of ether oxygens (including phenoxy) is 1. The molecule has 0 aliphatic heterocycles. The number of alkyl halides is 3. The lowest BCUT2D eigenvalue weighted by atomic mass is 9.49. The van der Waals surface area contributed by atoms with E-state index in [-0.39, 0.29) is 17.4 Å². The summed E-state index contributed by atoms with van der Waals surface area (Å²) >= 11 is 0. The summed E-state index contributed by atoms with van der Waals surface area (Å²) < 4.78 is 42.5. The predicted octanol–water partition coefficient (Wildman–Crippen LogP) is 5.24. The van der Waals surface area contributed by atoms with Crippen molar-refractivity contribution in [1.29, 1.82) is 0 Å². The molecule has 27 heavy (non-hydrogen) atoms. The minimum atomic E-state index is -4.15. The quantitative estimate of drug-likeness (QED) is 0.410. The predicted molar refractivity (Wildman–Crippen MR) is 98.2 cm³/mol.